The van der Waals surface area contributed by atoms with Crippen LogP contribution in [0, 0.1) is 5.92 Å². The Balaban J connectivity index is 0.680. The molecule has 2 amide bonds. The second-order valence-corrected chi connectivity index (χ2v) is 21.4. The molecule has 2 spiro atoms. The molecule has 1 aromatic heterocycles. The zero-order valence-electron chi connectivity index (χ0n) is 38.2. The number of nitrogens with one attached hydrogen (secondary N) is 1. The van der Waals surface area contributed by atoms with Crippen LogP contribution in [0.25, 0.3) is 16.6 Å². The summed E-state index contributed by atoms with van der Waals surface area (Å²) in [5.41, 5.74) is 5.44. The van der Waals surface area contributed by atoms with E-state index in [4.69, 9.17) is 21.3 Å². The van der Waals surface area contributed by atoms with Crippen molar-refractivity contribution in [2.75, 3.05) is 52.9 Å². The van der Waals surface area contributed by atoms with Crippen LogP contribution in [0.15, 0.2) is 53.3 Å². The molecule has 13 heteroatoms. The highest BCUT2D eigenvalue weighted by atomic mass is 35.5. The van der Waals surface area contributed by atoms with Crippen LogP contribution in [-0.2, 0) is 27.0 Å². The number of hydrogen-bond donors (Lipinski definition) is 1. The number of ether oxygens (including phenoxy) is 1. The summed E-state index contributed by atoms with van der Waals surface area (Å²) in [6.07, 6.45) is 14.2. The fourth-order valence-electron chi connectivity index (χ4n) is 13.5. The van der Waals surface area contributed by atoms with Crippen molar-refractivity contribution in [2.45, 2.75) is 131 Å². The lowest BCUT2D eigenvalue weighted by Crippen LogP contribution is -2.52. The second-order valence-electron chi connectivity index (χ2n) is 21.0. The summed E-state index contributed by atoms with van der Waals surface area (Å²) in [7, 11) is 1.56. The summed E-state index contributed by atoms with van der Waals surface area (Å²) in [5, 5.41) is 3.54. The van der Waals surface area contributed by atoms with Crippen LogP contribution in [0.4, 0.5) is 4.39 Å². The largest absolute Gasteiger partial charge is 0.492 e. The molecular formula is C53H62ClFN6O5. The van der Waals surface area contributed by atoms with Gasteiger partial charge in [-0.25, -0.2) is 4.39 Å². The number of aromatic nitrogens is 2. The summed E-state index contributed by atoms with van der Waals surface area (Å²) in [6, 6.07) is 16.1. The zero-order valence-corrected chi connectivity index (χ0v) is 39.0. The highest BCUT2D eigenvalue weighted by molar-refractivity contribution is 6.35. The number of amides is 2. The molecule has 2 saturated carbocycles. The first-order chi connectivity index (χ1) is 32.0. The van der Waals surface area contributed by atoms with Gasteiger partial charge in [0.15, 0.2) is 0 Å². The van der Waals surface area contributed by atoms with E-state index in [9.17, 15) is 19.2 Å². The summed E-state index contributed by atoms with van der Waals surface area (Å²) in [5.74, 6) is 2.41. The third-order valence-corrected chi connectivity index (χ3v) is 17.6. The fourth-order valence-corrected chi connectivity index (χ4v) is 13.7. The number of halogens is 2. The average molecular weight is 918 g/mol. The normalized spacial score (nSPS) is 24.5. The lowest BCUT2D eigenvalue weighted by Gasteiger charge is -2.44. The number of fused-ring (bicyclic) bond motifs is 11. The van der Waals surface area contributed by atoms with E-state index in [1.807, 2.05) is 24.3 Å². The van der Waals surface area contributed by atoms with Gasteiger partial charge in [-0.05, 0) is 131 Å². The smallest absolute Gasteiger partial charge is 0.282 e. The molecule has 348 valence electrons. The predicted octanol–water partition coefficient (Wildman–Crippen LogP) is 8.16. The summed E-state index contributed by atoms with van der Waals surface area (Å²) in [4.78, 5) is 61.9. The van der Waals surface area contributed by atoms with Gasteiger partial charge < -0.3 is 29.5 Å². The number of hydrogen-bond acceptors (Lipinski definition) is 8. The number of likely N-dealkylation sites (tertiary alicyclic amines) is 2. The van der Waals surface area contributed by atoms with E-state index >= 15 is 4.39 Å². The first-order valence-corrected chi connectivity index (χ1v) is 25.2. The first-order valence-electron chi connectivity index (χ1n) is 24.8. The van der Waals surface area contributed by atoms with Crippen molar-refractivity contribution in [1.82, 2.24) is 29.6 Å². The van der Waals surface area contributed by atoms with Crippen LogP contribution < -0.4 is 15.6 Å². The third-order valence-electron chi connectivity index (χ3n) is 17.3. The summed E-state index contributed by atoms with van der Waals surface area (Å²) < 4.78 is 25.3. The van der Waals surface area contributed by atoms with Crippen molar-refractivity contribution in [2.24, 2.45) is 5.92 Å². The van der Waals surface area contributed by atoms with E-state index in [-0.39, 0.29) is 41.0 Å². The van der Waals surface area contributed by atoms with Gasteiger partial charge in [-0.2, -0.15) is 4.98 Å². The summed E-state index contributed by atoms with van der Waals surface area (Å²) >= 11 is 6.63. The summed E-state index contributed by atoms with van der Waals surface area (Å²) in [6.45, 7) is 5.55. The van der Waals surface area contributed by atoms with Crippen LogP contribution in [0.2, 0.25) is 5.02 Å². The van der Waals surface area contributed by atoms with Crippen molar-refractivity contribution < 1.29 is 23.5 Å². The zero-order chi connectivity index (χ0) is 45.4. The minimum Gasteiger partial charge on any atom is -0.492 e. The van der Waals surface area contributed by atoms with Crippen LogP contribution in [-0.4, -0.2) is 107 Å². The van der Waals surface area contributed by atoms with Gasteiger partial charge in [-0.1, -0.05) is 55.1 Å². The van der Waals surface area contributed by atoms with Gasteiger partial charge in [0.05, 0.1) is 46.2 Å². The molecule has 4 aromatic rings. The highest BCUT2D eigenvalue weighted by Gasteiger charge is 2.49. The Kier molecular flexibility index (Phi) is 11.4. The molecule has 1 unspecified atom stereocenters. The van der Waals surface area contributed by atoms with E-state index in [1.54, 1.807) is 18.0 Å². The lowest BCUT2D eigenvalue weighted by atomic mass is 9.69. The molecule has 2 aliphatic carbocycles. The van der Waals surface area contributed by atoms with Crippen molar-refractivity contribution in [3.63, 3.8) is 0 Å². The van der Waals surface area contributed by atoms with E-state index < -0.39 is 11.7 Å². The van der Waals surface area contributed by atoms with Crippen molar-refractivity contribution >= 4 is 40.6 Å². The van der Waals surface area contributed by atoms with Gasteiger partial charge in [0.1, 0.15) is 23.5 Å². The molecule has 3 aromatic carbocycles. The van der Waals surface area contributed by atoms with Gasteiger partial charge >= 0.3 is 0 Å². The monoisotopic (exact) mass is 916 g/mol. The number of carbonyl (C=O) groups excluding carboxylic acids is 3. The molecule has 66 heavy (non-hydrogen) atoms. The molecule has 1 atom stereocenters. The number of alkyl halides is 1. The quantitative estimate of drug-likeness (QED) is 0.159. The number of piperidine rings is 2. The average Bonchev–Trinajstić information content (AvgIpc) is 3.95. The van der Waals surface area contributed by atoms with E-state index in [0.29, 0.717) is 60.3 Å². The van der Waals surface area contributed by atoms with Crippen molar-refractivity contribution in [3.8, 4) is 11.4 Å². The SMILES string of the molecule is CNC(=O)CCC(C=O)N1Cc2c(ccc3c2OCC32CCN(CC3(F)CCN(CC4CCC(c5ccc6c(c5)-n5c(nc(=O)c7c(Cl)cccc75)C65CCCCC5)CC4)CC3)CC2)C1=O. The fraction of sp³-hybridized carbons (Fsp3) is 0.566. The molecule has 0 bridgehead atoms. The minimum absolute atomic E-state index is 0.162. The number of carbonyl (C=O) groups is 3. The van der Waals surface area contributed by atoms with Gasteiger partial charge in [0, 0.05) is 61.8 Å². The maximum atomic E-state index is 16.6. The molecule has 6 heterocycles. The maximum Gasteiger partial charge on any atom is 0.282 e. The molecule has 7 aliphatic rings. The Hall–Kier alpha value is -4.65. The van der Waals surface area contributed by atoms with Crippen molar-refractivity contribution in [1.29, 1.82) is 0 Å². The third kappa shape index (κ3) is 7.39. The molecular weight excluding hydrogens is 855 g/mol. The van der Waals surface area contributed by atoms with Crippen LogP contribution >= 0.6 is 11.6 Å². The topological polar surface area (TPSA) is 117 Å². The molecule has 0 radical (unpaired) electrons. The molecule has 2 saturated heterocycles. The Bertz CT molecular complexity index is 2640. The molecule has 11 nitrogen and oxygen atoms in total. The Labute approximate surface area is 391 Å². The van der Waals surface area contributed by atoms with Gasteiger partial charge in [-0.15, -0.1) is 0 Å². The van der Waals surface area contributed by atoms with Crippen LogP contribution in [0.3, 0.4) is 0 Å². The molecule has 4 fully saturated rings. The lowest BCUT2D eigenvalue weighted by molar-refractivity contribution is -0.121. The number of nitrogens with zero attached hydrogens (tertiary/aromatic N) is 5. The molecule has 5 aliphatic heterocycles. The molecule has 1 N–H and O–H groups in total. The highest BCUT2D eigenvalue weighted by Crippen LogP contribution is 2.53. The molecule has 11 rings (SSSR count). The number of benzene rings is 3. The first kappa shape index (κ1) is 43.9. The number of rotatable bonds is 10. The van der Waals surface area contributed by atoms with Gasteiger partial charge in [0.2, 0.25) is 5.91 Å². The van der Waals surface area contributed by atoms with E-state index in [1.165, 1.54) is 36.1 Å². The van der Waals surface area contributed by atoms with Gasteiger partial charge in [0.25, 0.3) is 11.5 Å². The van der Waals surface area contributed by atoms with Gasteiger partial charge in [-0.3, -0.25) is 19.0 Å². The van der Waals surface area contributed by atoms with E-state index in [0.717, 1.165) is 119 Å². The van der Waals surface area contributed by atoms with Crippen LogP contribution in [0.5, 0.6) is 5.75 Å². The Morgan fingerprint density at radius 1 is 0.939 bits per heavy atom. The van der Waals surface area contributed by atoms with E-state index in [2.05, 4.69) is 37.9 Å². The van der Waals surface area contributed by atoms with Crippen LogP contribution in [0.1, 0.15) is 141 Å². The maximum absolute atomic E-state index is 16.6. The Morgan fingerprint density at radius 3 is 2.42 bits per heavy atom. The minimum atomic E-state index is -1.19. The Morgan fingerprint density at radius 2 is 1.68 bits per heavy atom. The second kappa shape index (κ2) is 17.1. The standard InChI is InChI=1S/C53H62ClFN6O5/c1-56-45(63)17-13-37(31-62)60-30-39-38(49(60)65)14-16-41-47(39)66-33-51(41)20-24-59(25-21-51)32-52(55)22-26-58(27-23-52)29-34-8-10-35(11-9-34)36-12-15-40-44(28-36)61-43-7-5-6-42(54)46(43)48(64)57-50(61)53(40)18-3-2-4-19-53/h5-7,12,14-16,28,31,34-35,37H,2-4,8-11,13,17-27,29-30,32-33H2,1H3,(H,56,63). The predicted molar refractivity (Wildman–Crippen MR) is 253 cm³/mol. The van der Waals surface area contributed by atoms with Crippen molar-refractivity contribution in [3.05, 3.63) is 97.5 Å². The number of aldehydes is 1.